The van der Waals surface area contributed by atoms with E-state index in [4.69, 9.17) is 9.47 Å². The van der Waals surface area contributed by atoms with E-state index in [0.717, 1.165) is 24.4 Å². The van der Waals surface area contributed by atoms with Crippen molar-refractivity contribution in [3.8, 4) is 5.69 Å². The summed E-state index contributed by atoms with van der Waals surface area (Å²) in [5, 5.41) is 4.36. The molecular weight excluding hydrogens is 254 g/mol. The van der Waals surface area contributed by atoms with Crippen LogP contribution in [0.3, 0.4) is 0 Å². The number of hydrogen-bond acceptors (Lipinski definition) is 4. The normalized spacial score (nSPS) is 13.7. The van der Waals surface area contributed by atoms with Crippen molar-refractivity contribution >= 4 is 0 Å². The van der Waals surface area contributed by atoms with Crippen molar-refractivity contribution in [2.75, 3.05) is 20.3 Å². The van der Waals surface area contributed by atoms with E-state index >= 15 is 0 Å². The van der Waals surface area contributed by atoms with Crippen LogP contribution in [0.2, 0.25) is 0 Å². The number of aryl methyl sites for hydroxylation is 1. The first-order valence-corrected chi connectivity index (χ1v) is 6.97. The quantitative estimate of drug-likeness (QED) is 0.754. The average Bonchev–Trinajstić information content (AvgIpc) is 3.11. The number of aromatic nitrogens is 3. The van der Waals surface area contributed by atoms with E-state index in [1.54, 1.807) is 13.4 Å². The fourth-order valence-corrected chi connectivity index (χ4v) is 2.67. The van der Waals surface area contributed by atoms with E-state index in [2.05, 4.69) is 28.3 Å². The third-order valence-electron chi connectivity index (χ3n) is 3.63. The summed E-state index contributed by atoms with van der Waals surface area (Å²) in [6.07, 6.45) is 5.09. The molecule has 2 aromatic rings. The number of fused-ring (bicyclic) bond motifs is 1. The first-order chi connectivity index (χ1) is 9.90. The maximum absolute atomic E-state index is 5.55. The highest BCUT2D eigenvalue weighted by Crippen LogP contribution is 2.27. The third-order valence-corrected chi connectivity index (χ3v) is 3.63. The fraction of sp³-hybridized carbons (Fsp3) is 0.467. The molecule has 106 valence electrons. The van der Waals surface area contributed by atoms with Gasteiger partial charge in [-0.3, -0.25) is 0 Å². The maximum atomic E-state index is 5.55. The monoisotopic (exact) mass is 273 g/mol. The van der Waals surface area contributed by atoms with Gasteiger partial charge in [0.2, 0.25) is 0 Å². The Balaban J connectivity index is 1.81. The number of ether oxygens (including phenoxy) is 2. The smallest absolute Gasteiger partial charge is 0.158 e. The minimum absolute atomic E-state index is 0.451. The lowest BCUT2D eigenvalue weighted by Crippen LogP contribution is -2.09. The zero-order valence-electron chi connectivity index (χ0n) is 11.7. The molecule has 0 aliphatic heterocycles. The van der Waals surface area contributed by atoms with Gasteiger partial charge in [-0.15, -0.1) is 0 Å². The molecule has 1 aromatic carbocycles. The summed E-state index contributed by atoms with van der Waals surface area (Å²) in [4.78, 5) is 4.30. The highest BCUT2D eigenvalue weighted by atomic mass is 16.5. The van der Waals surface area contributed by atoms with Crippen LogP contribution < -0.4 is 0 Å². The summed E-state index contributed by atoms with van der Waals surface area (Å²) >= 11 is 0. The minimum atomic E-state index is 0.451. The minimum Gasteiger partial charge on any atom is -0.382 e. The first kappa shape index (κ1) is 13.3. The molecule has 0 saturated heterocycles. The summed E-state index contributed by atoms with van der Waals surface area (Å²) in [6, 6.07) is 6.41. The third kappa shape index (κ3) is 2.59. The summed E-state index contributed by atoms with van der Waals surface area (Å²) < 4.78 is 12.4. The van der Waals surface area contributed by atoms with Gasteiger partial charge in [-0.05, 0) is 36.5 Å². The molecule has 0 fully saturated rings. The Morgan fingerprint density at radius 2 is 2.20 bits per heavy atom. The molecule has 0 atom stereocenters. The molecule has 0 saturated carbocycles. The molecule has 1 aliphatic rings. The molecule has 0 N–H and O–H groups in total. The van der Waals surface area contributed by atoms with E-state index in [1.807, 2.05) is 4.68 Å². The zero-order chi connectivity index (χ0) is 13.8. The van der Waals surface area contributed by atoms with Crippen molar-refractivity contribution in [1.82, 2.24) is 14.8 Å². The second-order valence-electron chi connectivity index (χ2n) is 4.90. The number of hydrogen-bond donors (Lipinski definition) is 0. The van der Waals surface area contributed by atoms with Gasteiger partial charge in [0.1, 0.15) is 12.9 Å². The van der Waals surface area contributed by atoms with Crippen molar-refractivity contribution in [1.29, 1.82) is 0 Å². The topological polar surface area (TPSA) is 49.2 Å². The van der Waals surface area contributed by atoms with Crippen LogP contribution in [-0.4, -0.2) is 35.1 Å². The van der Waals surface area contributed by atoms with Crippen LogP contribution >= 0.6 is 0 Å². The van der Waals surface area contributed by atoms with Gasteiger partial charge >= 0.3 is 0 Å². The van der Waals surface area contributed by atoms with Crippen LogP contribution in [0.15, 0.2) is 24.5 Å². The Hall–Kier alpha value is -1.72. The van der Waals surface area contributed by atoms with E-state index in [9.17, 15) is 0 Å². The second-order valence-corrected chi connectivity index (χ2v) is 4.90. The van der Waals surface area contributed by atoms with Gasteiger partial charge < -0.3 is 9.47 Å². The lowest BCUT2D eigenvalue weighted by molar-refractivity contribution is 0.0578. The van der Waals surface area contributed by atoms with Crippen LogP contribution in [0, 0.1) is 0 Å². The Morgan fingerprint density at radius 1 is 1.25 bits per heavy atom. The fourth-order valence-electron chi connectivity index (χ4n) is 2.67. The lowest BCUT2D eigenvalue weighted by atomic mass is 10.1. The van der Waals surface area contributed by atoms with Crippen molar-refractivity contribution in [2.45, 2.75) is 25.9 Å². The summed E-state index contributed by atoms with van der Waals surface area (Å²) in [7, 11) is 1.67. The summed E-state index contributed by atoms with van der Waals surface area (Å²) in [6.45, 7) is 1.61. The van der Waals surface area contributed by atoms with Crippen LogP contribution in [0.1, 0.15) is 23.4 Å². The van der Waals surface area contributed by atoms with Crippen LogP contribution in [0.4, 0.5) is 0 Å². The molecule has 3 rings (SSSR count). The van der Waals surface area contributed by atoms with Crippen LogP contribution in [0.25, 0.3) is 5.69 Å². The zero-order valence-corrected chi connectivity index (χ0v) is 11.7. The van der Waals surface area contributed by atoms with Gasteiger partial charge in [0.25, 0.3) is 0 Å². The van der Waals surface area contributed by atoms with Crippen LogP contribution in [0.5, 0.6) is 0 Å². The summed E-state index contributed by atoms with van der Waals surface area (Å²) in [5.41, 5.74) is 3.98. The molecule has 1 aliphatic carbocycles. The highest BCUT2D eigenvalue weighted by molar-refractivity contribution is 5.48. The van der Waals surface area contributed by atoms with Gasteiger partial charge in [0.15, 0.2) is 5.82 Å². The van der Waals surface area contributed by atoms with E-state index < -0.39 is 0 Å². The molecule has 5 nitrogen and oxygen atoms in total. The van der Waals surface area contributed by atoms with Gasteiger partial charge in [-0.1, -0.05) is 12.1 Å². The number of methoxy groups -OCH3 is 1. The lowest BCUT2D eigenvalue weighted by Gasteiger charge is -2.11. The van der Waals surface area contributed by atoms with Crippen molar-refractivity contribution in [3.05, 3.63) is 41.5 Å². The Kier molecular flexibility index (Phi) is 4.08. The van der Waals surface area contributed by atoms with E-state index in [0.29, 0.717) is 19.8 Å². The molecule has 0 bridgehead atoms. The van der Waals surface area contributed by atoms with E-state index in [1.165, 1.54) is 17.5 Å². The number of nitrogens with zero attached hydrogens (tertiary/aromatic N) is 3. The molecule has 5 heteroatoms. The van der Waals surface area contributed by atoms with Gasteiger partial charge in [-0.2, -0.15) is 5.10 Å². The number of rotatable bonds is 6. The molecule has 0 radical (unpaired) electrons. The largest absolute Gasteiger partial charge is 0.382 e. The molecule has 1 heterocycles. The molecule has 0 spiro atoms. The second kappa shape index (κ2) is 6.15. The standard InChI is InChI=1S/C15H19N3O2/c1-19-8-9-20-10-15-16-11-17-18(15)14-7-3-5-12-4-2-6-13(12)14/h3,5,7,11H,2,4,6,8-10H2,1H3. The predicted molar refractivity (Wildman–Crippen MR) is 74.9 cm³/mol. The molecule has 20 heavy (non-hydrogen) atoms. The molecule has 0 amide bonds. The van der Waals surface area contributed by atoms with Gasteiger partial charge in [-0.25, -0.2) is 9.67 Å². The van der Waals surface area contributed by atoms with Crippen LogP contribution in [-0.2, 0) is 28.9 Å². The Morgan fingerprint density at radius 3 is 3.10 bits per heavy atom. The average molecular weight is 273 g/mol. The molecule has 0 unspecified atom stereocenters. The summed E-state index contributed by atoms with van der Waals surface area (Å²) in [5.74, 6) is 0.835. The Labute approximate surface area is 118 Å². The van der Waals surface area contributed by atoms with Crippen molar-refractivity contribution in [2.24, 2.45) is 0 Å². The molecular formula is C15H19N3O2. The van der Waals surface area contributed by atoms with Crippen molar-refractivity contribution in [3.63, 3.8) is 0 Å². The Bertz CT molecular complexity index is 580. The number of benzene rings is 1. The maximum Gasteiger partial charge on any atom is 0.158 e. The van der Waals surface area contributed by atoms with Gasteiger partial charge in [0, 0.05) is 7.11 Å². The molecule has 1 aromatic heterocycles. The first-order valence-electron chi connectivity index (χ1n) is 6.97. The predicted octanol–water partition coefficient (Wildman–Crippen LogP) is 1.92. The van der Waals surface area contributed by atoms with E-state index in [-0.39, 0.29) is 0 Å². The van der Waals surface area contributed by atoms with Crippen molar-refractivity contribution < 1.29 is 9.47 Å². The highest BCUT2D eigenvalue weighted by Gasteiger charge is 2.17. The SMILES string of the molecule is COCCOCc1ncnn1-c1cccc2c1CCC2. The van der Waals surface area contributed by atoms with Gasteiger partial charge in [0.05, 0.1) is 18.9 Å².